The third-order valence-corrected chi connectivity index (χ3v) is 15.1. The number of aromatic nitrogens is 5. The van der Waals surface area contributed by atoms with Crippen molar-refractivity contribution in [1.82, 2.24) is 24.1 Å². The van der Waals surface area contributed by atoms with Gasteiger partial charge in [0.2, 0.25) is 0 Å². The molecule has 0 aliphatic carbocycles. The molecule has 86 heavy (non-hydrogen) atoms. The van der Waals surface area contributed by atoms with E-state index in [4.69, 9.17) is 15.0 Å². The van der Waals surface area contributed by atoms with Gasteiger partial charge in [0, 0.05) is 49.5 Å². The van der Waals surface area contributed by atoms with Gasteiger partial charge >= 0.3 is 24.7 Å². The summed E-state index contributed by atoms with van der Waals surface area (Å²) in [6.07, 6.45) is -20.4. The fourth-order valence-corrected chi connectivity index (χ4v) is 11.3. The van der Waals surface area contributed by atoms with Crippen LogP contribution >= 0.6 is 0 Å². The average molecular weight is 1170 g/mol. The number of hydrogen-bond donors (Lipinski definition) is 0. The minimum absolute atomic E-state index is 0.00628. The number of halogens is 12. The van der Waals surface area contributed by atoms with Crippen LogP contribution in [0.3, 0.4) is 0 Å². The molecule has 0 aliphatic heterocycles. The lowest BCUT2D eigenvalue weighted by Gasteiger charge is -2.19. The molecule has 13 rings (SSSR count). The number of alkyl halides is 12. The summed E-state index contributed by atoms with van der Waals surface area (Å²) in [5.74, 6) is 0.825. The Hall–Kier alpha value is -10.5. The molecule has 422 valence electrons. The highest BCUT2D eigenvalue weighted by Gasteiger charge is 2.40. The fraction of sp³-hybridized carbons (Fsp3) is 0.0588. The Balaban J connectivity index is 1.08. The number of rotatable bonds is 8. The zero-order valence-electron chi connectivity index (χ0n) is 44.0. The van der Waals surface area contributed by atoms with Crippen molar-refractivity contribution in [1.29, 1.82) is 5.26 Å². The number of nitriles is 1. The lowest BCUT2D eigenvalue weighted by atomic mass is 9.94. The van der Waals surface area contributed by atoms with E-state index in [1.807, 2.05) is 81.9 Å². The number of para-hydroxylation sites is 2. The largest absolute Gasteiger partial charge is 0.417 e. The molecular formula is C68H36F12N6. The second-order valence-corrected chi connectivity index (χ2v) is 20.3. The first-order chi connectivity index (χ1) is 41.1. The van der Waals surface area contributed by atoms with Gasteiger partial charge in [-0.1, -0.05) is 121 Å². The van der Waals surface area contributed by atoms with E-state index in [9.17, 15) is 57.9 Å². The van der Waals surface area contributed by atoms with Crippen LogP contribution in [-0.2, 0) is 24.7 Å². The van der Waals surface area contributed by atoms with Gasteiger partial charge < -0.3 is 9.13 Å². The van der Waals surface area contributed by atoms with Gasteiger partial charge in [0.25, 0.3) is 0 Å². The normalized spacial score (nSPS) is 12.4. The van der Waals surface area contributed by atoms with Crippen molar-refractivity contribution in [2.45, 2.75) is 24.7 Å². The monoisotopic (exact) mass is 1160 g/mol. The summed E-state index contributed by atoms with van der Waals surface area (Å²) in [4.78, 5) is 15.1. The first-order valence-electron chi connectivity index (χ1n) is 26.3. The molecule has 0 atom stereocenters. The summed E-state index contributed by atoms with van der Waals surface area (Å²) >= 11 is 0. The van der Waals surface area contributed by atoms with Gasteiger partial charge in [0.1, 0.15) is 0 Å². The second kappa shape index (κ2) is 20.4. The summed E-state index contributed by atoms with van der Waals surface area (Å²) in [7, 11) is 0. The highest BCUT2D eigenvalue weighted by molar-refractivity contribution is 6.12. The molecule has 0 unspecified atom stereocenters. The molecular weight excluding hydrogens is 1130 g/mol. The summed E-state index contributed by atoms with van der Waals surface area (Å²) in [5.41, 5.74) is -0.917. The third-order valence-electron chi connectivity index (χ3n) is 15.1. The van der Waals surface area contributed by atoms with Gasteiger partial charge in [0.15, 0.2) is 17.5 Å². The van der Waals surface area contributed by atoms with E-state index in [0.717, 1.165) is 12.1 Å². The van der Waals surface area contributed by atoms with Crippen LogP contribution in [0, 0.1) is 11.3 Å². The zero-order valence-corrected chi connectivity index (χ0v) is 44.0. The van der Waals surface area contributed by atoms with Gasteiger partial charge in [-0.2, -0.15) is 57.9 Å². The lowest BCUT2D eigenvalue weighted by Crippen LogP contribution is -2.12. The molecule has 10 aromatic carbocycles. The van der Waals surface area contributed by atoms with Crippen molar-refractivity contribution in [2.24, 2.45) is 0 Å². The molecule has 13 aromatic rings. The summed E-state index contributed by atoms with van der Waals surface area (Å²) in [5, 5.41) is 12.7. The van der Waals surface area contributed by atoms with E-state index in [-0.39, 0.29) is 34.6 Å². The van der Waals surface area contributed by atoms with Crippen molar-refractivity contribution in [3.8, 4) is 85.0 Å². The SMILES string of the molecule is N#Cc1ccc(-n2c3ccccc3c3cc(-c4ccc(C(F)(F)F)cc4C(F)(F)F)ccc32)c(-c2cc(-n3c4ccccc4c4cc(-c5ccc(C(F)(F)F)cc5C(F)(F)F)ccc43)ccc2-c2nc(-c3ccccc3)nc(-c3ccccc3)n2)c1. The highest BCUT2D eigenvalue weighted by Crippen LogP contribution is 2.47. The summed E-state index contributed by atoms with van der Waals surface area (Å²) < 4.78 is 175. The minimum Gasteiger partial charge on any atom is -0.309 e. The summed E-state index contributed by atoms with van der Waals surface area (Å²) in [6.45, 7) is 0. The van der Waals surface area contributed by atoms with Gasteiger partial charge in [-0.25, -0.2) is 15.0 Å². The van der Waals surface area contributed by atoms with Gasteiger partial charge in [-0.05, 0) is 125 Å². The number of nitrogens with zero attached hydrogens (tertiary/aromatic N) is 6. The van der Waals surface area contributed by atoms with Crippen molar-refractivity contribution >= 4 is 43.6 Å². The van der Waals surface area contributed by atoms with Crippen LogP contribution < -0.4 is 0 Å². The maximum Gasteiger partial charge on any atom is 0.417 e. The van der Waals surface area contributed by atoms with Gasteiger partial charge in [0.05, 0.1) is 61.6 Å². The highest BCUT2D eigenvalue weighted by atomic mass is 19.4. The smallest absolute Gasteiger partial charge is 0.309 e. The number of benzene rings is 10. The molecule has 3 heterocycles. The van der Waals surface area contributed by atoms with Crippen LogP contribution in [0.25, 0.3) is 123 Å². The summed E-state index contributed by atoms with van der Waals surface area (Å²) in [6, 6.07) is 57.3. The first-order valence-corrected chi connectivity index (χ1v) is 26.3. The predicted molar refractivity (Wildman–Crippen MR) is 306 cm³/mol. The third kappa shape index (κ3) is 9.69. The molecule has 6 nitrogen and oxygen atoms in total. The van der Waals surface area contributed by atoms with Gasteiger partial charge in [-0.15, -0.1) is 0 Å². The molecule has 3 aromatic heterocycles. The zero-order chi connectivity index (χ0) is 60.0. The minimum atomic E-state index is -5.16. The molecule has 0 N–H and O–H groups in total. The molecule has 0 saturated heterocycles. The number of fused-ring (bicyclic) bond motifs is 6. The maximum atomic E-state index is 14.7. The molecule has 0 aliphatic rings. The standard InChI is InChI=1S/C68H36F12N6/c69-65(70,71)43-22-25-46(55(34-43)67(75,76)77)41-20-29-59-53(32-41)48-15-7-9-17-57(48)85(59)45-24-27-50(64-83-62(39-11-3-1-4-12-39)82-63(84-64)40-13-5-2-6-14-40)51(36-45)52-31-38(37-81)19-28-60(52)86-58-18-10-8-16-49(58)54-33-42(21-30-61(54)86)47-26-23-44(66(72,73)74)35-56(47)68(78,79)80/h1-36H. The number of hydrogen-bond acceptors (Lipinski definition) is 4. The molecule has 0 spiro atoms. The van der Waals surface area contributed by atoms with Crippen molar-refractivity contribution in [3.05, 3.63) is 246 Å². The van der Waals surface area contributed by atoms with Crippen molar-refractivity contribution in [3.63, 3.8) is 0 Å². The Bertz CT molecular complexity index is 4840. The Morgan fingerprint density at radius 3 is 1.24 bits per heavy atom. The maximum absolute atomic E-state index is 14.7. The Labute approximate surface area is 479 Å². The van der Waals surface area contributed by atoms with Crippen molar-refractivity contribution in [2.75, 3.05) is 0 Å². The van der Waals surface area contributed by atoms with E-state index in [2.05, 4.69) is 6.07 Å². The van der Waals surface area contributed by atoms with Crippen molar-refractivity contribution < 1.29 is 52.7 Å². The van der Waals surface area contributed by atoms with E-state index < -0.39 is 58.1 Å². The second-order valence-electron chi connectivity index (χ2n) is 20.3. The quantitative estimate of drug-likeness (QED) is 0.142. The molecule has 0 amide bonds. The Morgan fingerprint density at radius 1 is 0.314 bits per heavy atom. The lowest BCUT2D eigenvalue weighted by molar-refractivity contribution is -0.144. The molecule has 0 fully saturated rings. The van der Waals surface area contributed by atoms with Crippen LogP contribution in [0.4, 0.5) is 52.7 Å². The topological polar surface area (TPSA) is 72.3 Å². The molecule has 0 bridgehead atoms. The predicted octanol–water partition coefficient (Wildman–Crippen LogP) is 20.0. The van der Waals surface area contributed by atoms with Crippen LogP contribution in [0.1, 0.15) is 27.8 Å². The van der Waals surface area contributed by atoms with Crippen LogP contribution in [-0.4, -0.2) is 24.1 Å². The van der Waals surface area contributed by atoms with Crippen LogP contribution in [0.15, 0.2) is 218 Å². The first kappa shape index (κ1) is 54.7. The van der Waals surface area contributed by atoms with Crippen LogP contribution in [0.2, 0.25) is 0 Å². The van der Waals surface area contributed by atoms with Crippen LogP contribution in [0.5, 0.6) is 0 Å². The van der Waals surface area contributed by atoms with E-state index >= 15 is 0 Å². The van der Waals surface area contributed by atoms with E-state index in [0.29, 0.717) is 107 Å². The van der Waals surface area contributed by atoms with Gasteiger partial charge in [-0.3, -0.25) is 0 Å². The molecule has 18 heteroatoms. The molecule has 0 radical (unpaired) electrons. The Morgan fingerprint density at radius 2 is 0.756 bits per heavy atom. The Kier molecular flexibility index (Phi) is 13.0. The van der Waals surface area contributed by atoms with E-state index in [1.165, 1.54) is 24.3 Å². The van der Waals surface area contributed by atoms with E-state index in [1.54, 1.807) is 84.9 Å². The average Bonchev–Trinajstić information content (AvgIpc) is 1.81. The fourth-order valence-electron chi connectivity index (χ4n) is 11.3. The molecule has 0 saturated carbocycles.